The summed E-state index contributed by atoms with van der Waals surface area (Å²) in [5, 5.41) is 0. The highest BCUT2D eigenvalue weighted by molar-refractivity contribution is 5.40. The fraction of sp³-hybridized carbons (Fsp3) is 0.619. The molecule has 0 heteroatoms. The zero-order chi connectivity index (χ0) is 14.8. The highest BCUT2D eigenvalue weighted by Gasteiger charge is 2.57. The van der Waals surface area contributed by atoms with Gasteiger partial charge in [-0.3, -0.25) is 0 Å². The third-order valence-electron chi connectivity index (χ3n) is 7.34. The predicted molar refractivity (Wildman–Crippen MR) is 89.9 cm³/mol. The van der Waals surface area contributed by atoms with Crippen LogP contribution in [0.3, 0.4) is 0 Å². The van der Waals surface area contributed by atoms with Crippen molar-refractivity contribution in [3.8, 4) is 0 Å². The molecule has 21 heavy (non-hydrogen) atoms. The molecule has 4 aliphatic carbocycles. The fourth-order valence-electron chi connectivity index (χ4n) is 6.32. The van der Waals surface area contributed by atoms with Crippen LogP contribution in [0.15, 0.2) is 48.1 Å². The Morgan fingerprint density at radius 2 is 2.00 bits per heavy atom. The van der Waals surface area contributed by atoms with Gasteiger partial charge in [-0.1, -0.05) is 56.4 Å². The van der Waals surface area contributed by atoms with Crippen molar-refractivity contribution in [1.82, 2.24) is 0 Å². The normalized spacial score (nSPS) is 48.5. The summed E-state index contributed by atoms with van der Waals surface area (Å²) in [6.07, 6.45) is 15.2. The summed E-state index contributed by atoms with van der Waals surface area (Å²) in [4.78, 5) is 0. The molecule has 0 aromatic carbocycles. The van der Waals surface area contributed by atoms with E-state index in [0.717, 1.165) is 18.3 Å². The molecule has 0 saturated heterocycles. The summed E-state index contributed by atoms with van der Waals surface area (Å²) < 4.78 is 0. The third kappa shape index (κ3) is 1.68. The van der Waals surface area contributed by atoms with E-state index in [1.54, 1.807) is 5.57 Å². The number of rotatable bonds is 0. The van der Waals surface area contributed by atoms with Crippen LogP contribution in [0.5, 0.6) is 0 Å². The molecule has 0 spiro atoms. The van der Waals surface area contributed by atoms with Crippen molar-refractivity contribution in [2.24, 2.45) is 28.6 Å². The number of hydrogen-bond donors (Lipinski definition) is 0. The summed E-state index contributed by atoms with van der Waals surface area (Å²) in [6, 6.07) is 0. The van der Waals surface area contributed by atoms with Crippen LogP contribution < -0.4 is 0 Å². The lowest BCUT2D eigenvalue weighted by Gasteiger charge is -2.56. The molecule has 0 nitrogen and oxygen atoms in total. The lowest BCUT2D eigenvalue weighted by molar-refractivity contribution is -0.00162. The monoisotopic (exact) mass is 280 g/mol. The van der Waals surface area contributed by atoms with Crippen molar-refractivity contribution in [3.05, 3.63) is 48.1 Å². The molecule has 3 fully saturated rings. The Kier molecular flexibility index (Phi) is 2.75. The first-order valence-electron chi connectivity index (χ1n) is 8.70. The molecule has 3 saturated carbocycles. The SMILES string of the molecule is C=C1C[C@@]2(C)CC[C@H]3[C@@H](CCC4=CCC=C[C@@]43C)[C@@H]2C1=C. The van der Waals surface area contributed by atoms with Crippen molar-refractivity contribution < 1.29 is 0 Å². The van der Waals surface area contributed by atoms with Gasteiger partial charge < -0.3 is 0 Å². The number of hydrogen-bond acceptors (Lipinski definition) is 0. The van der Waals surface area contributed by atoms with E-state index in [9.17, 15) is 0 Å². The molecule has 0 bridgehead atoms. The quantitative estimate of drug-likeness (QED) is 0.489. The minimum absolute atomic E-state index is 0.326. The second-order valence-electron chi connectivity index (χ2n) is 8.44. The minimum atomic E-state index is 0.326. The molecule has 0 unspecified atom stereocenters. The van der Waals surface area contributed by atoms with Crippen LogP contribution in [-0.4, -0.2) is 0 Å². The summed E-state index contributed by atoms with van der Waals surface area (Å²) in [7, 11) is 0. The van der Waals surface area contributed by atoms with E-state index in [0.29, 0.717) is 16.7 Å². The van der Waals surface area contributed by atoms with Crippen LogP contribution in [0, 0.1) is 28.6 Å². The van der Waals surface area contributed by atoms with Gasteiger partial charge in [0.2, 0.25) is 0 Å². The predicted octanol–water partition coefficient (Wildman–Crippen LogP) is 5.84. The van der Waals surface area contributed by atoms with Crippen LogP contribution in [0.4, 0.5) is 0 Å². The van der Waals surface area contributed by atoms with E-state index in [1.165, 1.54) is 43.3 Å². The van der Waals surface area contributed by atoms with Gasteiger partial charge in [0.05, 0.1) is 0 Å². The van der Waals surface area contributed by atoms with Crippen molar-refractivity contribution in [2.75, 3.05) is 0 Å². The maximum Gasteiger partial charge on any atom is 0.00937 e. The summed E-state index contributed by atoms with van der Waals surface area (Å²) in [5.74, 6) is 2.33. The van der Waals surface area contributed by atoms with Gasteiger partial charge in [0.15, 0.2) is 0 Å². The second-order valence-corrected chi connectivity index (χ2v) is 8.44. The van der Waals surface area contributed by atoms with Crippen LogP contribution in [-0.2, 0) is 0 Å². The van der Waals surface area contributed by atoms with E-state index in [4.69, 9.17) is 0 Å². The smallest absolute Gasteiger partial charge is 0.00937 e. The van der Waals surface area contributed by atoms with Crippen molar-refractivity contribution in [2.45, 2.75) is 52.4 Å². The van der Waals surface area contributed by atoms with Crippen LogP contribution >= 0.6 is 0 Å². The van der Waals surface area contributed by atoms with Crippen LogP contribution in [0.1, 0.15) is 52.4 Å². The third-order valence-corrected chi connectivity index (χ3v) is 7.34. The van der Waals surface area contributed by atoms with Crippen molar-refractivity contribution in [3.63, 3.8) is 0 Å². The molecule has 0 heterocycles. The van der Waals surface area contributed by atoms with Gasteiger partial charge in [-0.05, 0) is 67.3 Å². The fourth-order valence-corrected chi connectivity index (χ4v) is 6.32. The van der Waals surface area contributed by atoms with Crippen LogP contribution in [0.25, 0.3) is 0 Å². The Labute approximate surface area is 129 Å². The molecule has 0 N–H and O–H groups in total. The molecule has 0 amide bonds. The largest absolute Gasteiger partial charge is 0.0955 e. The summed E-state index contributed by atoms with van der Waals surface area (Å²) in [6.45, 7) is 13.8. The Hall–Kier alpha value is -1.04. The van der Waals surface area contributed by atoms with Gasteiger partial charge in [0.1, 0.15) is 0 Å². The Balaban J connectivity index is 1.75. The Bertz CT molecular complexity index is 575. The van der Waals surface area contributed by atoms with E-state index < -0.39 is 0 Å². The molecule has 112 valence electrons. The maximum absolute atomic E-state index is 4.45. The zero-order valence-electron chi connectivity index (χ0n) is 13.6. The molecule has 0 aromatic rings. The first-order valence-corrected chi connectivity index (χ1v) is 8.70. The standard InChI is InChI=1S/C21H28/c1-14-13-20(3)12-10-18-17(19(20)15(14)2)9-8-16-7-5-6-11-21(16,18)4/h6-7,11,17-19H,1-2,5,8-10,12-13H2,3-4H3/t17-,18+,19+,20-,21+/m1/s1. The molecule has 4 rings (SSSR count). The first-order chi connectivity index (χ1) is 9.96. The first kappa shape index (κ1) is 13.6. The van der Waals surface area contributed by atoms with Gasteiger partial charge in [-0.25, -0.2) is 0 Å². The molecular weight excluding hydrogens is 252 g/mol. The average molecular weight is 280 g/mol. The van der Waals surface area contributed by atoms with E-state index >= 15 is 0 Å². The van der Waals surface area contributed by atoms with E-state index in [1.807, 2.05) is 0 Å². The van der Waals surface area contributed by atoms with E-state index in [-0.39, 0.29) is 0 Å². The summed E-state index contributed by atoms with van der Waals surface area (Å²) >= 11 is 0. The number of allylic oxidation sites excluding steroid dienone is 6. The van der Waals surface area contributed by atoms with Gasteiger partial charge in [-0.2, -0.15) is 0 Å². The van der Waals surface area contributed by atoms with Gasteiger partial charge in [-0.15, -0.1) is 0 Å². The highest BCUT2D eigenvalue weighted by atomic mass is 14.6. The second kappa shape index (κ2) is 4.24. The van der Waals surface area contributed by atoms with E-state index in [2.05, 4.69) is 45.2 Å². The topological polar surface area (TPSA) is 0 Å². The summed E-state index contributed by atoms with van der Waals surface area (Å²) in [5.41, 5.74) is 5.23. The van der Waals surface area contributed by atoms with Crippen molar-refractivity contribution >= 4 is 0 Å². The highest BCUT2D eigenvalue weighted by Crippen LogP contribution is 2.66. The lowest BCUT2D eigenvalue weighted by Crippen LogP contribution is -2.48. The molecule has 0 aliphatic heterocycles. The molecule has 0 aromatic heterocycles. The number of fused-ring (bicyclic) bond motifs is 5. The lowest BCUT2D eigenvalue weighted by atomic mass is 9.48. The van der Waals surface area contributed by atoms with Crippen molar-refractivity contribution in [1.29, 1.82) is 0 Å². The molecule has 4 aliphatic rings. The van der Waals surface area contributed by atoms with Gasteiger partial charge in [0.25, 0.3) is 0 Å². The molecule has 5 atom stereocenters. The zero-order valence-corrected chi connectivity index (χ0v) is 13.6. The Morgan fingerprint density at radius 1 is 1.19 bits per heavy atom. The molecule has 0 radical (unpaired) electrons. The maximum atomic E-state index is 4.45. The van der Waals surface area contributed by atoms with Gasteiger partial charge in [0, 0.05) is 5.41 Å². The Morgan fingerprint density at radius 3 is 2.81 bits per heavy atom. The average Bonchev–Trinajstić information content (AvgIpc) is 2.68. The molecular formula is C21H28. The minimum Gasteiger partial charge on any atom is -0.0955 e. The van der Waals surface area contributed by atoms with Crippen LogP contribution in [0.2, 0.25) is 0 Å². The van der Waals surface area contributed by atoms with Gasteiger partial charge >= 0.3 is 0 Å².